The molecule has 4 N–H and O–H groups in total. The summed E-state index contributed by atoms with van der Waals surface area (Å²) >= 11 is 6.52. The van der Waals surface area contributed by atoms with Crippen LogP contribution in [0.2, 0.25) is 0 Å². The first-order valence-corrected chi connectivity index (χ1v) is 21.2. The fourth-order valence-electron chi connectivity index (χ4n) is 9.36. The number of rotatable bonds is 6. The molecule has 0 aromatic heterocycles. The van der Waals surface area contributed by atoms with Crippen LogP contribution in [0.1, 0.15) is 112 Å². The van der Waals surface area contributed by atoms with Gasteiger partial charge in [0.15, 0.2) is 0 Å². The summed E-state index contributed by atoms with van der Waals surface area (Å²) in [6.07, 6.45) is 5.16. The van der Waals surface area contributed by atoms with Gasteiger partial charge in [-0.05, 0) is 95.5 Å². The second-order valence-corrected chi connectivity index (χ2v) is 17.7. The Balaban J connectivity index is 0.00000870. The van der Waals surface area contributed by atoms with Gasteiger partial charge in [0.25, 0.3) is 11.7 Å². The van der Waals surface area contributed by atoms with E-state index in [2.05, 4.69) is 6.92 Å². The Kier molecular flexibility index (Phi) is 18.8. The number of cyclic esters (lactones) is 1. The van der Waals surface area contributed by atoms with Crippen molar-refractivity contribution in [3.63, 3.8) is 0 Å². The number of methoxy groups -OCH3 is 3. The van der Waals surface area contributed by atoms with Gasteiger partial charge in [-0.1, -0.05) is 45.4 Å². The molecule has 4 rings (SSSR count). The predicted molar refractivity (Wildman–Crippen MR) is 215 cm³/mol. The Morgan fingerprint density at radius 3 is 2.25 bits per heavy atom. The molecule has 14 heteroatoms. The number of fused-ring (bicyclic) bond motifs is 3. The number of aliphatic hydroxyl groups is 2. The molecule has 3 fully saturated rings. The van der Waals surface area contributed by atoms with Crippen LogP contribution in [0.5, 0.6) is 0 Å². The maximum absolute atomic E-state index is 14.3. The zero-order chi connectivity index (χ0) is 41.5. The molecule has 1 amide bonds. The highest BCUT2D eigenvalue weighted by atomic mass is 35.5. The van der Waals surface area contributed by atoms with Gasteiger partial charge >= 0.3 is 5.97 Å². The zero-order valence-electron chi connectivity index (χ0n) is 35.5. The van der Waals surface area contributed by atoms with E-state index < -0.39 is 77.8 Å². The van der Waals surface area contributed by atoms with E-state index in [9.17, 15) is 29.4 Å². The summed E-state index contributed by atoms with van der Waals surface area (Å²) in [6.45, 7) is 11.3. The molecule has 13 nitrogen and oxygen atoms in total. The highest BCUT2D eigenvalue weighted by Crippen LogP contribution is 2.39. The third-order valence-electron chi connectivity index (χ3n) is 12.8. The molecule has 0 aromatic carbocycles. The summed E-state index contributed by atoms with van der Waals surface area (Å²) in [5.41, 5.74) is 1.71. The highest BCUT2D eigenvalue weighted by molar-refractivity contribution is 6.39. The molecule has 3 heterocycles. The Hall–Kier alpha value is -2.23. The summed E-state index contributed by atoms with van der Waals surface area (Å²) in [6, 6.07) is -1.12. The SMILES string of the molecule is CCC1C=C(C)CC(C)CC(OC)C2OC(O)(C(=O)C(=O)N3CCCCC3C(=O)OC(C(C)=CC3CCC(Cl)C(OC)C3)C(C)C(O)CC1=O)C(C)CC2OC.O. The molecule has 2 bridgehead atoms. The highest BCUT2D eigenvalue weighted by Gasteiger charge is 2.56. The van der Waals surface area contributed by atoms with E-state index in [1.165, 1.54) is 19.1 Å². The van der Waals surface area contributed by atoms with E-state index in [1.807, 2.05) is 32.9 Å². The first-order valence-electron chi connectivity index (χ1n) is 20.7. The van der Waals surface area contributed by atoms with Crippen molar-refractivity contribution in [1.82, 2.24) is 4.90 Å². The average Bonchev–Trinajstić information content (AvgIpc) is 3.18. The van der Waals surface area contributed by atoms with Crippen LogP contribution in [0.3, 0.4) is 0 Å². The van der Waals surface area contributed by atoms with Crippen molar-refractivity contribution in [2.45, 2.75) is 166 Å². The number of halogens is 1. The van der Waals surface area contributed by atoms with E-state index in [-0.39, 0.29) is 60.4 Å². The number of allylic oxidation sites excluding steroid dienone is 3. The number of aliphatic hydroxyl groups excluding tert-OH is 1. The van der Waals surface area contributed by atoms with Crippen molar-refractivity contribution < 1.29 is 58.6 Å². The second-order valence-electron chi connectivity index (χ2n) is 17.1. The molecule has 4 aliphatic rings. The van der Waals surface area contributed by atoms with Crippen molar-refractivity contribution >= 4 is 35.0 Å². The molecule has 0 aromatic rings. The average molecular weight is 828 g/mol. The normalized spacial score (nSPS) is 39.9. The maximum atomic E-state index is 14.3. The molecule has 1 saturated carbocycles. The Morgan fingerprint density at radius 2 is 1.61 bits per heavy atom. The largest absolute Gasteiger partial charge is 0.456 e. The number of carbonyl (C=O) groups excluding carboxylic acids is 4. The van der Waals surface area contributed by atoms with Crippen molar-refractivity contribution in [3.05, 3.63) is 23.3 Å². The van der Waals surface area contributed by atoms with Gasteiger partial charge in [-0.25, -0.2) is 4.79 Å². The molecule has 1 aliphatic carbocycles. The lowest BCUT2D eigenvalue weighted by atomic mass is 9.82. The minimum absolute atomic E-state index is 0. The fourth-order valence-corrected chi connectivity index (χ4v) is 9.69. The van der Waals surface area contributed by atoms with Crippen LogP contribution < -0.4 is 0 Å². The summed E-state index contributed by atoms with van der Waals surface area (Å²) in [7, 11) is 4.71. The van der Waals surface area contributed by atoms with Gasteiger partial charge < -0.3 is 44.3 Å². The van der Waals surface area contributed by atoms with Gasteiger partial charge in [0.05, 0.1) is 29.8 Å². The smallest absolute Gasteiger partial charge is 0.329 e. The number of alkyl halides is 1. The van der Waals surface area contributed by atoms with Crippen LogP contribution in [0, 0.1) is 29.6 Å². The molecule has 326 valence electrons. The van der Waals surface area contributed by atoms with E-state index in [0.29, 0.717) is 44.1 Å². The van der Waals surface area contributed by atoms with Gasteiger partial charge in [0.2, 0.25) is 5.79 Å². The van der Waals surface area contributed by atoms with Crippen LogP contribution in [-0.4, -0.2) is 126 Å². The number of nitrogens with zero attached hydrogens (tertiary/aromatic N) is 1. The van der Waals surface area contributed by atoms with Gasteiger partial charge in [-0.3, -0.25) is 14.4 Å². The second kappa shape index (κ2) is 21.9. The minimum Gasteiger partial charge on any atom is -0.456 e. The Morgan fingerprint density at radius 1 is 0.965 bits per heavy atom. The number of piperidine rings is 1. The number of amides is 1. The Labute approximate surface area is 344 Å². The lowest BCUT2D eigenvalue weighted by Crippen LogP contribution is -2.64. The third-order valence-corrected chi connectivity index (χ3v) is 13.3. The van der Waals surface area contributed by atoms with Crippen LogP contribution in [0.4, 0.5) is 0 Å². The van der Waals surface area contributed by atoms with Gasteiger partial charge in [0.1, 0.15) is 24.0 Å². The van der Waals surface area contributed by atoms with E-state index in [0.717, 1.165) is 18.4 Å². The Bertz CT molecular complexity index is 1440. The number of hydrogen-bond acceptors (Lipinski definition) is 11. The van der Waals surface area contributed by atoms with Crippen LogP contribution in [0.15, 0.2) is 23.3 Å². The molecular weight excluding hydrogens is 758 g/mol. The minimum atomic E-state index is -2.49. The van der Waals surface area contributed by atoms with E-state index >= 15 is 0 Å². The quantitative estimate of drug-likeness (QED) is 0.161. The summed E-state index contributed by atoms with van der Waals surface area (Å²) in [5, 5.41) is 23.6. The van der Waals surface area contributed by atoms with Crippen LogP contribution in [-0.2, 0) is 42.9 Å². The summed E-state index contributed by atoms with van der Waals surface area (Å²) < 4.78 is 29.9. The number of ether oxygens (including phenoxy) is 5. The van der Waals surface area contributed by atoms with Gasteiger partial charge in [-0.15, -0.1) is 11.6 Å². The lowest BCUT2D eigenvalue weighted by Gasteiger charge is -2.47. The molecule has 57 heavy (non-hydrogen) atoms. The maximum Gasteiger partial charge on any atom is 0.329 e. The van der Waals surface area contributed by atoms with Crippen LogP contribution >= 0.6 is 11.6 Å². The van der Waals surface area contributed by atoms with Gasteiger partial charge in [0, 0.05) is 52.0 Å². The first kappa shape index (κ1) is 49.1. The van der Waals surface area contributed by atoms with Crippen molar-refractivity contribution in [3.8, 4) is 0 Å². The summed E-state index contributed by atoms with van der Waals surface area (Å²) in [4.78, 5) is 57.7. The molecule has 14 atom stereocenters. The topological polar surface area (TPSA) is 190 Å². The first-order chi connectivity index (χ1) is 26.5. The van der Waals surface area contributed by atoms with Crippen LogP contribution in [0.25, 0.3) is 0 Å². The molecule has 0 spiro atoms. The predicted octanol–water partition coefficient (Wildman–Crippen LogP) is 4.89. The summed E-state index contributed by atoms with van der Waals surface area (Å²) in [5.74, 6) is -7.31. The number of carbonyl (C=O) groups is 4. The number of Topliss-reactive ketones (excluding diaryl/α,β-unsaturated/α-hetero) is 2. The zero-order valence-corrected chi connectivity index (χ0v) is 36.3. The molecule has 14 unspecified atom stereocenters. The molecule has 0 radical (unpaired) electrons. The van der Waals surface area contributed by atoms with Gasteiger partial charge in [-0.2, -0.15) is 0 Å². The lowest BCUT2D eigenvalue weighted by molar-refractivity contribution is -0.302. The van der Waals surface area contributed by atoms with Crippen molar-refractivity contribution in [2.75, 3.05) is 27.9 Å². The number of esters is 1. The number of ketones is 2. The molecule has 2 saturated heterocycles. The molecular formula is C43H70ClNO12. The monoisotopic (exact) mass is 827 g/mol. The molecule has 3 aliphatic heterocycles. The number of hydrogen-bond donors (Lipinski definition) is 2. The van der Waals surface area contributed by atoms with Crippen molar-refractivity contribution in [2.24, 2.45) is 29.6 Å². The van der Waals surface area contributed by atoms with E-state index in [4.69, 9.17) is 35.3 Å². The van der Waals surface area contributed by atoms with E-state index in [1.54, 1.807) is 21.0 Å². The third kappa shape index (κ3) is 11.7. The fraction of sp³-hybridized carbons (Fsp3) is 0.814. The standard InChI is InChI=1S/C43H68ClNO11.H2O/c1-10-30-18-24(2)17-25(3)19-36(53-8)39-37(54-9)21-27(5)43(51,56-39)40(48)41(49)45-16-12-11-13-32(45)42(50)55-38(28(6)33(46)23-34(30)47)26(4)20-29-14-15-31(44)35(22-29)52-7;/h18,20,25,27-33,35-39,46,51H,10-17,19,21-23H2,1-9H3;1H2. The van der Waals surface area contributed by atoms with Crippen molar-refractivity contribution in [1.29, 1.82) is 0 Å².